The first-order chi connectivity index (χ1) is 20.6. The van der Waals surface area contributed by atoms with E-state index in [9.17, 15) is 9.59 Å². The number of Topliss-reactive ketones (excluding diaryl/α,β-unsaturated/α-hetero) is 2. The summed E-state index contributed by atoms with van der Waals surface area (Å²) in [6, 6.07) is 43.0. The smallest absolute Gasteiger partial charge is 0.167 e. The summed E-state index contributed by atoms with van der Waals surface area (Å²) in [5.74, 6) is 1.08. The molecule has 212 valence electrons. The number of phenols is 1. The Labute approximate surface area is 247 Å². The van der Waals surface area contributed by atoms with E-state index in [0.29, 0.717) is 43.8 Å². The van der Waals surface area contributed by atoms with E-state index in [0.717, 1.165) is 22.4 Å². The Morgan fingerprint density at radius 2 is 0.929 bits per heavy atom. The van der Waals surface area contributed by atoms with Gasteiger partial charge in [0.1, 0.15) is 18.1 Å². The fourth-order valence-corrected chi connectivity index (χ4v) is 4.13. The molecule has 0 fully saturated rings. The van der Waals surface area contributed by atoms with E-state index in [2.05, 4.69) is 0 Å². The van der Waals surface area contributed by atoms with Gasteiger partial charge in [0.15, 0.2) is 11.6 Å². The molecule has 42 heavy (non-hydrogen) atoms. The van der Waals surface area contributed by atoms with Gasteiger partial charge in [-0.3, -0.25) is 9.59 Å². The average molecular weight is 559 g/mol. The van der Waals surface area contributed by atoms with E-state index in [4.69, 9.17) is 14.6 Å². The molecule has 5 aromatic rings. The van der Waals surface area contributed by atoms with Crippen molar-refractivity contribution in [3.05, 3.63) is 167 Å². The summed E-state index contributed by atoms with van der Waals surface area (Å²) in [5, 5.41) is 9.12. The highest BCUT2D eigenvalue weighted by atomic mass is 16.5. The minimum absolute atomic E-state index is 0.0613. The zero-order chi connectivity index (χ0) is 29.4. The van der Waals surface area contributed by atoms with Crippen LogP contribution in [-0.4, -0.2) is 29.9 Å². The number of ether oxygens (including phenoxy) is 2. The van der Waals surface area contributed by atoms with Crippen molar-refractivity contribution in [2.45, 2.75) is 19.4 Å². The van der Waals surface area contributed by atoms with Crippen LogP contribution in [0.1, 0.15) is 37.4 Å². The Morgan fingerprint density at radius 3 is 1.40 bits per heavy atom. The molecule has 0 heterocycles. The molecule has 0 saturated heterocycles. The van der Waals surface area contributed by atoms with Crippen LogP contribution >= 0.6 is 0 Å². The number of carbonyl (C=O) groups excluding carboxylic acids is 2. The molecule has 0 spiro atoms. The second-order valence-corrected chi connectivity index (χ2v) is 9.63. The third-order valence-corrected chi connectivity index (χ3v) is 6.39. The molecule has 0 aliphatic carbocycles. The third kappa shape index (κ3) is 10.2. The maximum atomic E-state index is 12.3. The second kappa shape index (κ2) is 16.3. The molecule has 0 saturated carbocycles. The van der Waals surface area contributed by atoms with Gasteiger partial charge in [-0.25, -0.2) is 0 Å². The Morgan fingerprint density at radius 1 is 0.500 bits per heavy atom. The predicted molar refractivity (Wildman–Crippen MR) is 165 cm³/mol. The number of hydrogen-bond donors (Lipinski definition) is 1. The van der Waals surface area contributed by atoms with E-state index in [1.807, 2.05) is 115 Å². The van der Waals surface area contributed by atoms with Crippen LogP contribution in [0.3, 0.4) is 0 Å². The van der Waals surface area contributed by atoms with Crippen molar-refractivity contribution in [2.75, 3.05) is 13.2 Å². The largest absolute Gasteiger partial charge is 0.508 e. The molecule has 1 N–H and O–H groups in total. The van der Waals surface area contributed by atoms with Crippen molar-refractivity contribution >= 4 is 11.6 Å². The van der Waals surface area contributed by atoms with E-state index in [1.54, 1.807) is 12.1 Å². The molecule has 5 aromatic carbocycles. The van der Waals surface area contributed by atoms with Gasteiger partial charge in [-0.1, -0.05) is 91.0 Å². The molecule has 0 amide bonds. The minimum atomic E-state index is 0.0613. The van der Waals surface area contributed by atoms with Crippen molar-refractivity contribution in [3.8, 4) is 11.5 Å². The summed E-state index contributed by atoms with van der Waals surface area (Å²) in [7, 11) is 0. The molecule has 5 rings (SSSR count). The third-order valence-electron chi connectivity index (χ3n) is 6.39. The Hall–Kier alpha value is -5.00. The lowest BCUT2D eigenvalue weighted by molar-refractivity contribution is 0.0889. The van der Waals surface area contributed by atoms with Crippen molar-refractivity contribution < 1.29 is 24.2 Å². The van der Waals surface area contributed by atoms with E-state index in [1.165, 1.54) is 12.1 Å². The topological polar surface area (TPSA) is 72.8 Å². The van der Waals surface area contributed by atoms with Gasteiger partial charge in [-0.15, -0.1) is 0 Å². The summed E-state index contributed by atoms with van der Waals surface area (Å²) in [6.45, 7) is 1.57. The minimum Gasteiger partial charge on any atom is -0.508 e. The van der Waals surface area contributed by atoms with Crippen molar-refractivity contribution in [1.29, 1.82) is 0 Å². The average Bonchev–Trinajstić information content (AvgIpc) is 3.03. The SMILES string of the molecule is O=C(Cc1ccccc1)c1ccc(O)cc1.O=C(Cc1ccccc1)c1ccc(OCCOCc2ccccc2)cc1. The highest BCUT2D eigenvalue weighted by Crippen LogP contribution is 2.15. The summed E-state index contributed by atoms with van der Waals surface area (Å²) < 4.78 is 11.3. The number of carbonyl (C=O) groups is 2. The molecule has 0 aliphatic heterocycles. The second-order valence-electron chi connectivity index (χ2n) is 9.63. The normalized spacial score (nSPS) is 10.3. The van der Waals surface area contributed by atoms with Crippen molar-refractivity contribution in [3.63, 3.8) is 0 Å². The molecule has 0 bridgehead atoms. The number of aromatic hydroxyl groups is 1. The van der Waals surface area contributed by atoms with Gasteiger partial charge < -0.3 is 14.6 Å². The van der Waals surface area contributed by atoms with Gasteiger partial charge in [0, 0.05) is 24.0 Å². The zero-order valence-corrected chi connectivity index (χ0v) is 23.4. The molecule has 0 aromatic heterocycles. The molecule has 5 nitrogen and oxygen atoms in total. The van der Waals surface area contributed by atoms with Crippen molar-refractivity contribution in [1.82, 2.24) is 0 Å². The van der Waals surface area contributed by atoms with Crippen LogP contribution in [0.15, 0.2) is 140 Å². The van der Waals surface area contributed by atoms with Crippen LogP contribution in [0.5, 0.6) is 11.5 Å². The fraction of sp³-hybridized carbons (Fsp3) is 0.135. The van der Waals surface area contributed by atoms with Crippen LogP contribution in [-0.2, 0) is 24.2 Å². The fourth-order valence-electron chi connectivity index (χ4n) is 4.13. The zero-order valence-electron chi connectivity index (χ0n) is 23.4. The molecule has 0 unspecified atom stereocenters. The molecule has 0 aliphatic rings. The summed E-state index contributed by atoms with van der Waals surface area (Å²) in [5.41, 5.74) is 4.49. The van der Waals surface area contributed by atoms with Gasteiger partial charge in [-0.2, -0.15) is 0 Å². The number of benzene rings is 5. The van der Waals surface area contributed by atoms with Crippen LogP contribution in [0.4, 0.5) is 0 Å². The Kier molecular flexibility index (Phi) is 11.6. The number of hydrogen-bond acceptors (Lipinski definition) is 5. The van der Waals surface area contributed by atoms with Crippen LogP contribution in [0, 0.1) is 0 Å². The van der Waals surface area contributed by atoms with Gasteiger partial charge in [-0.05, 0) is 65.2 Å². The molecule has 5 heteroatoms. The lowest BCUT2D eigenvalue weighted by Gasteiger charge is -2.08. The highest BCUT2D eigenvalue weighted by Gasteiger charge is 2.08. The molecule has 0 radical (unpaired) electrons. The monoisotopic (exact) mass is 558 g/mol. The van der Waals surface area contributed by atoms with Crippen LogP contribution in [0.2, 0.25) is 0 Å². The molecular formula is C37H34O5. The maximum Gasteiger partial charge on any atom is 0.167 e. The maximum absolute atomic E-state index is 12.3. The number of ketones is 2. The van der Waals surface area contributed by atoms with E-state index >= 15 is 0 Å². The first-order valence-corrected chi connectivity index (χ1v) is 13.8. The van der Waals surface area contributed by atoms with Crippen LogP contribution in [0.25, 0.3) is 0 Å². The van der Waals surface area contributed by atoms with Gasteiger partial charge in [0.05, 0.1) is 13.2 Å². The number of phenolic OH excluding ortho intramolecular Hbond substituents is 1. The predicted octanol–water partition coefficient (Wildman–Crippen LogP) is 7.53. The Bertz CT molecular complexity index is 1500. The summed E-state index contributed by atoms with van der Waals surface area (Å²) in [4.78, 5) is 24.1. The quantitative estimate of drug-likeness (QED) is 0.127. The van der Waals surface area contributed by atoms with Crippen LogP contribution < -0.4 is 4.74 Å². The van der Waals surface area contributed by atoms with E-state index < -0.39 is 0 Å². The Balaban J connectivity index is 0.000000216. The first-order valence-electron chi connectivity index (χ1n) is 13.8. The van der Waals surface area contributed by atoms with Gasteiger partial charge in [0.2, 0.25) is 0 Å². The summed E-state index contributed by atoms with van der Waals surface area (Å²) >= 11 is 0. The standard InChI is InChI=1S/C23H22O3.C14H12O2/c24-23(17-19-7-3-1-4-8-19)21-11-13-22(14-12-21)26-16-15-25-18-20-9-5-2-6-10-20;15-13-8-6-12(7-9-13)14(16)10-11-4-2-1-3-5-11/h1-14H,15-18H2;1-9,15H,10H2. The first kappa shape index (κ1) is 30.0. The van der Waals surface area contributed by atoms with E-state index in [-0.39, 0.29) is 17.3 Å². The number of rotatable bonds is 12. The van der Waals surface area contributed by atoms with Gasteiger partial charge in [0.25, 0.3) is 0 Å². The molecule has 0 atom stereocenters. The van der Waals surface area contributed by atoms with Gasteiger partial charge >= 0.3 is 0 Å². The highest BCUT2D eigenvalue weighted by molar-refractivity contribution is 5.98. The lowest BCUT2D eigenvalue weighted by Crippen LogP contribution is -2.07. The summed E-state index contributed by atoms with van der Waals surface area (Å²) in [6.07, 6.45) is 0.806. The van der Waals surface area contributed by atoms with Crippen molar-refractivity contribution in [2.24, 2.45) is 0 Å². The molecular weight excluding hydrogens is 524 g/mol. The lowest BCUT2D eigenvalue weighted by atomic mass is 10.0.